The van der Waals surface area contributed by atoms with Gasteiger partial charge in [-0.1, -0.05) is 0 Å². The van der Waals surface area contributed by atoms with Crippen molar-refractivity contribution in [3.05, 3.63) is 17.5 Å². The number of hydrogen-bond donors (Lipinski definition) is 2. The van der Waals surface area contributed by atoms with E-state index in [-0.39, 0.29) is 6.04 Å². The molecule has 0 aliphatic carbocycles. The Balaban J connectivity index is 2.42. The van der Waals surface area contributed by atoms with Crippen LogP contribution in [0.25, 0.3) is 0 Å². The number of methoxy groups -OCH3 is 1. The number of hydrogen-bond acceptors (Lipinski definition) is 3. The zero-order valence-corrected chi connectivity index (χ0v) is 13.0. The second-order valence-electron chi connectivity index (χ2n) is 4.49. The molecule has 19 heavy (non-hydrogen) atoms. The lowest BCUT2D eigenvalue weighted by Crippen LogP contribution is -2.37. The maximum absolute atomic E-state index is 5.27. The van der Waals surface area contributed by atoms with Crippen LogP contribution in [0.15, 0.2) is 6.20 Å². The van der Waals surface area contributed by atoms with E-state index in [1.54, 1.807) is 7.11 Å². The first-order valence-electron chi connectivity index (χ1n) is 6.65. The molecule has 1 unspecified atom stereocenters. The molecule has 5 nitrogen and oxygen atoms in total. The highest BCUT2D eigenvalue weighted by molar-refractivity contribution is 7.80. The molecule has 0 aromatic carbocycles. The van der Waals surface area contributed by atoms with Gasteiger partial charge in [0.15, 0.2) is 5.11 Å². The first-order chi connectivity index (χ1) is 9.08. The summed E-state index contributed by atoms with van der Waals surface area (Å²) in [7, 11) is 1.70. The molecule has 0 aliphatic rings. The summed E-state index contributed by atoms with van der Waals surface area (Å²) in [6, 6.07) is 0.155. The van der Waals surface area contributed by atoms with Gasteiger partial charge in [-0.3, -0.25) is 4.68 Å². The van der Waals surface area contributed by atoms with E-state index in [9.17, 15) is 0 Å². The molecule has 0 saturated heterocycles. The quantitative estimate of drug-likeness (QED) is 0.590. The topological polar surface area (TPSA) is 51.1 Å². The van der Waals surface area contributed by atoms with Gasteiger partial charge in [0.05, 0.1) is 11.7 Å². The molecule has 1 atom stereocenters. The summed E-state index contributed by atoms with van der Waals surface area (Å²) in [5.41, 5.74) is 2.23. The van der Waals surface area contributed by atoms with E-state index in [2.05, 4.69) is 35.8 Å². The molecule has 0 bridgehead atoms. The highest BCUT2D eigenvalue weighted by atomic mass is 32.1. The maximum atomic E-state index is 5.27. The van der Waals surface area contributed by atoms with E-state index in [0.29, 0.717) is 5.11 Å². The standard InChI is InChI=1S/C13H24N4OS/c1-5-17-9-12(11(3)16-17)10(2)15-13(19)14-7-6-8-18-4/h9-10H,5-8H2,1-4H3,(H2,14,15,19). The highest BCUT2D eigenvalue weighted by Gasteiger charge is 2.12. The van der Waals surface area contributed by atoms with E-state index < -0.39 is 0 Å². The summed E-state index contributed by atoms with van der Waals surface area (Å²) in [4.78, 5) is 0. The van der Waals surface area contributed by atoms with Crippen molar-refractivity contribution in [1.82, 2.24) is 20.4 Å². The van der Waals surface area contributed by atoms with Gasteiger partial charge in [-0.15, -0.1) is 0 Å². The fraction of sp³-hybridized carbons (Fsp3) is 0.692. The molecular formula is C13H24N4OS. The lowest BCUT2D eigenvalue weighted by Gasteiger charge is -2.16. The molecule has 6 heteroatoms. The molecule has 1 aromatic rings. The SMILES string of the molecule is CCn1cc(C(C)NC(=S)NCCCOC)c(C)n1. The second kappa shape index (κ2) is 8.12. The predicted octanol–water partition coefficient (Wildman–Crippen LogP) is 1.77. The third-order valence-corrected chi connectivity index (χ3v) is 3.20. The van der Waals surface area contributed by atoms with Gasteiger partial charge in [0.2, 0.25) is 0 Å². The fourth-order valence-corrected chi connectivity index (χ4v) is 2.14. The highest BCUT2D eigenvalue weighted by Crippen LogP contribution is 2.15. The van der Waals surface area contributed by atoms with Crippen LogP contribution in [0.3, 0.4) is 0 Å². The Bertz CT molecular complexity index is 405. The minimum atomic E-state index is 0.155. The molecule has 0 fully saturated rings. The van der Waals surface area contributed by atoms with E-state index in [1.807, 2.05) is 11.6 Å². The molecule has 108 valence electrons. The lowest BCUT2D eigenvalue weighted by atomic mass is 10.1. The summed E-state index contributed by atoms with van der Waals surface area (Å²) in [6.07, 6.45) is 3.01. The number of ether oxygens (including phenoxy) is 1. The van der Waals surface area contributed by atoms with Gasteiger partial charge in [0.25, 0.3) is 0 Å². The number of nitrogens with one attached hydrogen (secondary N) is 2. The largest absolute Gasteiger partial charge is 0.385 e. The molecule has 0 radical (unpaired) electrons. The average molecular weight is 284 g/mol. The Morgan fingerprint density at radius 2 is 2.32 bits per heavy atom. The normalized spacial score (nSPS) is 12.2. The molecule has 1 aromatic heterocycles. The van der Waals surface area contributed by atoms with Gasteiger partial charge in [0, 0.05) is 38.6 Å². The van der Waals surface area contributed by atoms with Gasteiger partial charge in [-0.25, -0.2) is 0 Å². The Hall–Kier alpha value is -1.14. The molecule has 1 heterocycles. The van der Waals surface area contributed by atoms with Crippen LogP contribution < -0.4 is 10.6 Å². The van der Waals surface area contributed by atoms with Crippen molar-refractivity contribution >= 4 is 17.3 Å². The number of thiocarbonyl (C=S) groups is 1. The third-order valence-electron chi connectivity index (χ3n) is 2.93. The van der Waals surface area contributed by atoms with Crippen molar-refractivity contribution < 1.29 is 4.74 Å². The zero-order chi connectivity index (χ0) is 14.3. The Labute approximate surface area is 120 Å². The van der Waals surface area contributed by atoms with Crippen LogP contribution in [0.5, 0.6) is 0 Å². The van der Waals surface area contributed by atoms with Gasteiger partial charge in [0.1, 0.15) is 0 Å². The summed E-state index contributed by atoms with van der Waals surface area (Å²) >= 11 is 5.27. The second-order valence-corrected chi connectivity index (χ2v) is 4.90. The molecule has 0 aliphatic heterocycles. The molecule has 0 spiro atoms. The lowest BCUT2D eigenvalue weighted by molar-refractivity contribution is 0.195. The minimum Gasteiger partial charge on any atom is -0.385 e. The molecule has 2 N–H and O–H groups in total. The molecule has 1 rings (SSSR count). The predicted molar refractivity (Wildman–Crippen MR) is 81.3 cm³/mol. The first-order valence-corrected chi connectivity index (χ1v) is 7.06. The van der Waals surface area contributed by atoms with Crippen molar-refractivity contribution in [1.29, 1.82) is 0 Å². The smallest absolute Gasteiger partial charge is 0.166 e. The summed E-state index contributed by atoms with van der Waals surface area (Å²) in [6.45, 7) is 8.64. The number of aromatic nitrogens is 2. The monoisotopic (exact) mass is 284 g/mol. The maximum Gasteiger partial charge on any atom is 0.166 e. The van der Waals surface area contributed by atoms with Gasteiger partial charge < -0.3 is 15.4 Å². The van der Waals surface area contributed by atoms with Crippen molar-refractivity contribution in [3.8, 4) is 0 Å². The van der Waals surface area contributed by atoms with E-state index in [1.165, 1.54) is 5.56 Å². The van der Waals surface area contributed by atoms with Crippen LogP contribution in [-0.4, -0.2) is 35.2 Å². The van der Waals surface area contributed by atoms with Gasteiger partial charge in [-0.2, -0.15) is 5.10 Å². The van der Waals surface area contributed by atoms with Crippen LogP contribution in [0.1, 0.15) is 37.6 Å². The van der Waals surface area contributed by atoms with Crippen molar-refractivity contribution in [2.45, 2.75) is 39.8 Å². The summed E-state index contributed by atoms with van der Waals surface area (Å²) < 4.78 is 6.93. The third kappa shape index (κ3) is 5.16. The van der Waals surface area contributed by atoms with Gasteiger partial charge >= 0.3 is 0 Å². The van der Waals surface area contributed by atoms with E-state index in [4.69, 9.17) is 17.0 Å². The number of nitrogens with zero attached hydrogens (tertiary/aromatic N) is 2. The molecule has 0 amide bonds. The van der Waals surface area contributed by atoms with Crippen LogP contribution >= 0.6 is 12.2 Å². The van der Waals surface area contributed by atoms with Crippen LogP contribution in [0.4, 0.5) is 0 Å². The van der Waals surface area contributed by atoms with Crippen molar-refractivity contribution in [2.75, 3.05) is 20.3 Å². The van der Waals surface area contributed by atoms with Crippen LogP contribution in [0, 0.1) is 6.92 Å². The average Bonchev–Trinajstić information content (AvgIpc) is 2.76. The minimum absolute atomic E-state index is 0.155. The number of aryl methyl sites for hydroxylation is 2. The number of rotatable bonds is 7. The van der Waals surface area contributed by atoms with Gasteiger partial charge in [-0.05, 0) is 39.4 Å². The van der Waals surface area contributed by atoms with Crippen molar-refractivity contribution in [2.24, 2.45) is 0 Å². The van der Waals surface area contributed by atoms with Crippen molar-refractivity contribution in [3.63, 3.8) is 0 Å². The summed E-state index contributed by atoms with van der Waals surface area (Å²) in [5.74, 6) is 0. The van der Waals surface area contributed by atoms with E-state index in [0.717, 1.165) is 31.8 Å². The Morgan fingerprint density at radius 3 is 2.89 bits per heavy atom. The first kappa shape index (κ1) is 15.9. The Morgan fingerprint density at radius 1 is 1.58 bits per heavy atom. The summed E-state index contributed by atoms with van der Waals surface area (Å²) in [5, 5.41) is 11.6. The fourth-order valence-electron chi connectivity index (χ4n) is 1.86. The van der Waals surface area contributed by atoms with Crippen LogP contribution in [-0.2, 0) is 11.3 Å². The van der Waals surface area contributed by atoms with Crippen LogP contribution in [0.2, 0.25) is 0 Å². The Kier molecular flexibility index (Phi) is 6.80. The van der Waals surface area contributed by atoms with E-state index >= 15 is 0 Å². The molecule has 0 saturated carbocycles. The molecular weight excluding hydrogens is 260 g/mol. The zero-order valence-electron chi connectivity index (χ0n) is 12.2.